The SMILES string of the molecule is CC1(C)CCC(C(O)Cc2ccc(Cl)cc2Cl)CC1. The molecule has 1 nitrogen and oxygen atoms in total. The van der Waals surface area contributed by atoms with Crippen LogP contribution in [-0.2, 0) is 6.42 Å². The molecule has 1 atom stereocenters. The van der Waals surface area contributed by atoms with Crippen LogP contribution < -0.4 is 0 Å². The van der Waals surface area contributed by atoms with Crippen molar-refractivity contribution in [3.63, 3.8) is 0 Å². The van der Waals surface area contributed by atoms with Crippen LogP contribution in [0.5, 0.6) is 0 Å². The Balaban J connectivity index is 1.96. The van der Waals surface area contributed by atoms with Gasteiger partial charge in [-0.25, -0.2) is 0 Å². The number of hydrogen-bond donors (Lipinski definition) is 1. The molecule has 1 fully saturated rings. The van der Waals surface area contributed by atoms with E-state index in [1.165, 1.54) is 12.8 Å². The van der Waals surface area contributed by atoms with Crippen molar-refractivity contribution < 1.29 is 5.11 Å². The Labute approximate surface area is 125 Å². The molecule has 1 unspecified atom stereocenters. The van der Waals surface area contributed by atoms with Gasteiger partial charge in [0.25, 0.3) is 0 Å². The Morgan fingerprint density at radius 2 is 1.89 bits per heavy atom. The van der Waals surface area contributed by atoms with Gasteiger partial charge in [-0.05, 0) is 54.7 Å². The molecule has 0 heterocycles. The van der Waals surface area contributed by atoms with Gasteiger partial charge in [0, 0.05) is 16.5 Å². The Morgan fingerprint density at radius 3 is 2.47 bits per heavy atom. The van der Waals surface area contributed by atoms with Crippen LogP contribution in [0.25, 0.3) is 0 Å². The van der Waals surface area contributed by atoms with Crippen molar-refractivity contribution in [2.45, 2.75) is 52.1 Å². The lowest BCUT2D eigenvalue weighted by Gasteiger charge is -2.36. The van der Waals surface area contributed by atoms with Gasteiger partial charge in [0.05, 0.1) is 6.10 Å². The first kappa shape index (κ1) is 15.2. The predicted molar refractivity (Wildman–Crippen MR) is 81.9 cm³/mol. The van der Waals surface area contributed by atoms with Crippen LogP contribution in [0.4, 0.5) is 0 Å². The van der Waals surface area contributed by atoms with E-state index in [0.29, 0.717) is 27.8 Å². The standard InChI is InChI=1S/C16H22Cl2O/c1-16(2)7-5-11(6-8-16)15(19)9-12-3-4-13(17)10-14(12)18/h3-4,10-11,15,19H,5-9H2,1-2H3. The minimum absolute atomic E-state index is 0.297. The van der Waals surface area contributed by atoms with E-state index in [4.69, 9.17) is 23.2 Å². The summed E-state index contributed by atoms with van der Waals surface area (Å²) in [6.07, 6.45) is 4.95. The fourth-order valence-electron chi connectivity index (χ4n) is 2.89. The van der Waals surface area contributed by atoms with E-state index >= 15 is 0 Å². The molecule has 2 rings (SSSR count). The molecule has 0 spiro atoms. The molecule has 0 radical (unpaired) electrons. The van der Waals surface area contributed by atoms with Gasteiger partial charge in [0.1, 0.15) is 0 Å². The maximum atomic E-state index is 10.4. The minimum Gasteiger partial charge on any atom is -0.392 e. The van der Waals surface area contributed by atoms with Crippen LogP contribution in [0.1, 0.15) is 45.1 Å². The van der Waals surface area contributed by atoms with E-state index in [2.05, 4.69) is 13.8 Å². The second-order valence-electron chi connectivity index (χ2n) is 6.51. The average molecular weight is 301 g/mol. The lowest BCUT2D eigenvalue weighted by atomic mass is 9.71. The van der Waals surface area contributed by atoms with Crippen molar-refractivity contribution >= 4 is 23.2 Å². The highest BCUT2D eigenvalue weighted by atomic mass is 35.5. The van der Waals surface area contributed by atoms with Gasteiger partial charge in [0.15, 0.2) is 0 Å². The summed E-state index contributed by atoms with van der Waals surface area (Å²) in [5.41, 5.74) is 1.43. The molecule has 1 aliphatic carbocycles. The van der Waals surface area contributed by atoms with Gasteiger partial charge in [-0.1, -0.05) is 43.1 Å². The highest BCUT2D eigenvalue weighted by Crippen LogP contribution is 2.40. The first-order chi connectivity index (χ1) is 8.87. The molecular formula is C16H22Cl2O. The highest BCUT2D eigenvalue weighted by molar-refractivity contribution is 6.35. The van der Waals surface area contributed by atoms with Gasteiger partial charge in [-0.15, -0.1) is 0 Å². The van der Waals surface area contributed by atoms with E-state index in [0.717, 1.165) is 18.4 Å². The average Bonchev–Trinajstić information content (AvgIpc) is 2.32. The summed E-state index contributed by atoms with van der Waals surface area (Å²) in [5, 5.41) is 11.7. The molecule has 0 aromatic heterocycles. The van der Waals surface area contributed by atoms with Crippen LogP contribution in [0.15, 0.2) is 18.2 Å². The third-order valence-electron chi connectivity index (χ3n) is 4.37. The van der Waals surface area contributed by atoms with Gasteiger partial charge >= 0.3 is 0 Å². The van der Waals surface area contributed by atoms with Crippen molar-refractivity contribution in [1.29, 1.82) is 0 Å². The molecule has 0 aliphatic heterocycles. The smallest absolute Gasteiger partial charge is 0.0609 e. The zero-order valence-electron chi connectivity index (χ0n) is 11.6. The molecule has 1 aromatic carbocycles. The number of hydrogen-bond acceptors (Lipinski definition) is 1. The summed E-state index contributed by atoms with van der Waals surface area (Å²) in [4.78, 5) is 0. The predicted octanol–water partition coefficient (Wildman–Crippen LogP) is 5.11. The molecule has 1 aromatic rings. The fraction of sp³-hybridized carbons (Fsp3) is 0.625. The summed E-state index contributed by atoms with van der Waals surface area (Å²) >= 11 is 12.0. The van der Waals surface area contributed by atoms with Gasteiger partial charge in [-0.3, -0.25) is 0 Å². The number of aliphatic hydroxyl groups excluding tert-OH is 1. The number of benzene rings is 1. The van der Waals surface area contributed by atoms with Crippen molar-refractivity contribution in [3.8, 4) is 0 Å². The summed E-state index contributed by atoms with van der Waals surface area (Å²) < 4.78 is 0. The topological polar surface area (TPSA) is 20.2 Å². The molecule has 1 aliphatic rings. The first-order valence-electron chi connectivity index (χ1n) is 6.99. The monoisotopic (exact) mass is 300 g/mol. The zero-order chi connectivity index (χ0) is 14.0. The second-order valence-corrected chi connectivity index (χ2v) is 7.35. The van der Waals surface area contributed by atoms with Gasteiger partial charge in [-0.2, -0.15) is 0 Å². The number of aliphatic hydroxyl groups is 1. The Hall–Kier alpha value is -0.240. The number of rotatable bonds is 3. The minimum atomic E-state index is -0.297. The highest BCUT2D eigenvalue weighted by Gasteiger charge is 2.30. The van der Waals surface area contributed by atoms with Crippen LogP contribution >= 0.6 is 23.2 Å². The van der Waals surface area contributed by atoms with Crippen LogP contribution in [0.3, 0.4) is 0 Å². The summed E-state index contributed by atoms with van der Waals surface area (Å²) in [6.45, 7) is 4.62. The third kappa shape index (κ3) is 4.11. The van der Waals surface area contributed by atoms with Crippen LogP contribution in [0.2, 0.25) is 10.0 Å². The largest absolute Gasteiger partial charge is 0.392 e. The molecule has 0 amide bonds. The Morgan fingerprint density at radius 1 is 1.26 bits per heavy atom. The van der Waals surface area contributed by atoms with E-state index in [1.54, 1.807) is 6.07 Å². The summed E-state index contributed by atoms with van der Waals surface area (Å²) in [6, 6.07) is 5.50. The maximum absolute atomic E-state index is 10.4. The quantitative estimate of drug-likeness (QED) is 0.822. The van der Waals surface area contributed by atoms with Crippen molar-refractivity contribution in [2.75, 3.05) is 0 Å². The first-order valence-corrected chi connectivity index (χ1v) is 7.75. The third-order valence-corrected chi connectivity index (χ3v) is 4.96. The maximum Gasteiger partial charge on any atom is 0.0609 e. The van der Waals surface area contributed by atoms with E-state index < -0.39 is 0 Å². The lowest BCUT2D eigenvalue weighted by molar-refractivity contribution is 0.0576. The van der Waals surface area contributed by atoms with Gasteiger partial charge < -0.3 is 5.11 Å². The second kappa shape index (κ2) is 6.03. The molecule has 0 saturated heterocycles. The molecule has 106 valence electrons. The normalized spacial score (nSPS) is 21.3. The molecule has 3 heteroatoms. The molecule has 1 N–H and O–H groups in total. The zero-order valence-corrected chi connectivity index (χ0v) is 13.1. The van der Waals surface area contributed by atoms with Crippen molar-refractivity contribution in [1.82, 2.24) is 0 Å². The fourth-order valence-corrected chi connectivity index (χ4v) is 3.37. The molecule has 19 heavy (non-hydrogen) atoms. The Kier molecular flexibility index (Phi) is 4.81. The van der Waals surface area contributed by atoms with E-state index in [-0.39, 0.29) is 6.10 Å². The summed E-state index contributed by atoms with van der Waals surface area (Å²) in [5.74, 6) is 0.403. The number of halogens is 2. The molecular weight excluding hydrogens is 279 g/mol. The lowest BCUT2D eigenvalue weighted by Crippen LogP contribution is -2.30. The molecule has 0 bridgehead atoms. The van der Waals surface area contributed by atoms with Gasteiger partial charge in [0.2, 0.25) is 0 Å². The van der Waals surface area contributed by atoms with Crippen molar-refractivity contribution in [2.24, 2.45) is 11.3 Å². The van der Waals surface area contributed by atoms with E-state index in [1.807, 2.05) is 12.1 Å². The Bertz CT molecular complexity index is 432. The van der Waals surface area contributed by atoms with Crippen LogP contribution in [-0.4, -0.2) is 11.2 Å². The van der Waals surface area contributed by atoms with Crippen molar-refractivity contribution in [3.05, 3.63) is 33.8 Å². The summed E-state index contributed by atoms with van der Waals surface area (Å²) in [7, 11) is 0. The van der Waals surface area contributed by atoms with Crippen LogP contribution in [0, 0.1) is 11.3 Å². The van der Waals surface area contributed by atoms with E-state index in [9.17, 15) is 5.11 Å². The molecule has 1 saturated carbocycles.